The highest BCUT2D eigenvalue weighted by Gasteiger charge is 2.15. The molecule has 1 saturated heterocycles. The van der Waals surface area contributed by atoms with Gasteiger partial charge in [-0.25, -0.2) is 0 Å². The van der Waals surface area contributed by atoms with Crippen LogP contribution in [0.1, 0.15) is 31.2 Å². The molecule has 4 nitrogen and oxygen atoms in total. The average molecular weight is 338 g/mol. The molecule has 2 aromatic rings. The maximum absolute atomic E-state index is 12.5. The summed E-state index contributed by atoms with van der Waals surface area (Å²) in [5, 5.41) is 3.09. The molecule has 0 bridgehead atoms. The summed E-state index contributed by atoms with van der Waals surface area (Å²) in [6.45, 7) is 2.12. The fraction of sp³-hybridized carbons (Fsp3) is 0.381. The molecule has 1 amide bonds. The van der Waals surface area contributed by atoms with E-state index in [4.69, 9.17) is 4.74 Å². The Hall–Kier alpha value is -2.49. The highest BCUT2D eigenvalue weighted by molar-refractivity contribution is 5.95. The molecule has 0 aliphatic carbocycles. The van der Waals surface area contributed by atoms with Gasteiger partial charge >= 0.3 is 0 Å². The number of hydrogen-bond acceptors (Lipinski definition) is 3. The van der Waals surface area contributed by atoms with E-state index in [-0.39, 0.29) is 5.91 Å². The molecule has 1 fully saturated rings. The maximum Gasteiger partial charge on any atom is 0.228 e. The second-order valence-corrected chi connectivity index (χ2v) is 6.49. The molecule has 0 aromatic heterocycles. The third-order valence-electron chi connectivity index (χ3n) is 4.62. The van der Waals surface area contributed by atoms with Gasteiger partial charge in [0.15, 0.2) is 0 Å². The number of nitrogens with zero attached hydrogens (tertiary/aromatic N) is 1. The van der Waals surface area contributed by atoms with Crippen LogP contribution < -0.4 is 15.0 Å². The van der Waals surface area contributed by atoms with E-state index < -0.39 is 0 Å². The molecule has 1 heterocycles. The second kappa shape index (κ2) is 8.56. The SMILES string of the molecule is COc1cccc(CC(=O)Nc2ccccc2N2CCCCCC2)c1. The van der Waals surface area contributed by atoms with E-state index >= 15 is 0 Å². The zero-order chi connectivity index (χ0) is 17.5. The highest BCUT2D eigenvalue weighted by Crippen LogP contribution is 2.28. The van der Waals surface area contributed by atoms with E-state index in [0.717, 1.165) is 35.8 Å². The van der Waals surface area contributed by atoms with Crippen LogP contribution in [0.4, 0.5) is 11.4 Å². The summed E-state index contributed by atoms with van der Waals surface area (Å²) >= 11 is 0. The third kappa shape index (κ3) is 4.75. The quantitative estimate of drug-likeness (QED) is 0.886. The first-order valence-electron chi connectivity index (χ1n) is 9.03. The molecule has 1 N–H and O–H groups in total. The molecule has 1 aliphatic rings. The van der Waals surface area contributed by atoms with Gasteiger partial charge in [0.2, 0.25) is 5.91 Å². The smallest absolute Gasteiger partial charge is 0.228 e. The summed E-state index contributed by atoms with van der Waals surface area (Å²) in [5.74, 6) is 0.769. The van der Waals surface area contributed by atoms with Crippen LogP contribution >= 0.6 is 0 Å². The minimum absolute atomic E-state index is 0.00414. The minimum Gasteiger partial charge on any atom is -0.497 e. The number of carbonyl (C=O) groups excluding carboxylic acids is 1. The van der Waals surface area contributed by atoms with Crippen molar-refractivity contribution in [3.63, 3.8) is 0 Å². The average Bonchev–Trinajstić information content (AvgIpc) is 2.91. The second-order valence-electron chi connectivity index (χ2n) is 6.49. The Kier molecular flexibility index (Phi) is 5.94. The van der Waals surface area contributed by atoms with Crippen molar-refractivity contribution in [2.45, 2.75) is 32.1 Å². The number of methoxy groups -OCH3 is 1. The van der Waals surface area contributed by atoms with Gasteiger partial charge in [0, 0.05) is 13.1 Å². The molecule has 25 heavy (non-hydrogen) atoms. The van der Waals surface area contributed by atoms with Gasteiger partial charge in [0.25, 0.3) is 0 Å². The normalized spacial score (nSPS) is 14.7. The number of nitrogens with one attached hydrogen (secondary N) is 1. The largest absolute Gasteiger partial charge is 0.497 e. The number of amides is 1. The van der Waals surface area contributed by atoms with E-state index in [0.29, 0.717) is 6.42 Å². The predicted octanol–water partition coefficient (Wildman–Crippen LogP) is 4.26. The van der Waals surface area contributed by atoms with Crippen molar-refractivity contribution in [3.8, 4) is 5.75 Å². The Morgan fingerprint density at radius 2 is 1.80 bits per heavy atom. The lowest BCUT2D eigenvalue weighted by atomic mass is 10.1. The van der Waals surface area contributed by atoms with Crippen LogP contribution in [0.25, 0.3) is 0 Å². The molecular weight excluding hydrogens is 312 g/mol. The van der Waals surface area contributed by atoms with Crippen molar-refractivity contribution in [2.75, 3.05) is 30.4 Å². The van der Waals surface area contributed by atoms with Crippen LogP contribution in [0.2, 0.25) is 0 Å². The Morgan fingerprint density at radius 1 is 1.04 bits per heavy atom. The zero-order valence-electron chi connectivity index (χ0n) is 14.8. The van der Waals surface area contributed by atoms with E-state index in [9.17, 15) is 4.79 Å². The molecule has 3 rings (SSSR count). The number of benzene rings is 2. The van der Waals surface area contributed by atoms with Gasteiger partial charge < -0.3 is 15.0 Å². The number of hydrogen-bond donors (Lipinski definition) is 1. The molecule has 0 spiro atoms. The van der Waals surface area contributed by atoms with Crippen LogP contribution in [0.3, 0.4) is 0 Å². The predicted molar refractivity (Wildman–Crippen MR) is 102 cm³/mol. The summed E-state index contributed by atoms with van der Waals surface area (Å²) < 4.78 is 5.23. The standard InChI is InChI=1S/C21H26N2O2/c1-25-18-10-8-9-17(15-18)16-21(24)22-19-11-4-5-12-20(19)23-13-6-2-3-7-14-23/h4-5,8-12,15H,2-3,6-7,13-14,16H2,1H3,(H,22,24). The number of carbonyl (C=O) groups is 1. The van der Waals surface area contributed by atoms with E-state index in [1.54, 1.807) is 7.11 Å². The number of anilines is 2. The molecule has 2 aromatic carbocycles. The molecule has 132 valence electrons. The summed E-state index contributed by atoms with van der Waals surface area (Å²) in [6, 6.07) is 15.8. The van der Waals surface area contributed by atoms with Crippen LogP contribution in [0.15, 0.2) is 48.5 Å². The van der Waals surface area contributed by atoms with Crippen LogP contribution in [0, 0.1) is 0 Å². The highest BCUT2D eigenvalue weighted by atomic mass is 16.5. The van der Waals surface area contributed by atoms with E-state index in [1.165, 1.54) is 25.7 Å². The first-order valence-corrected chi connectivity index (χ1v) is 9.03. The molecule has 4 heteroatoms. The van der Waals surface area contributed by atoms with E-state index in [2.05, 4.69) is 16.3 Å². The molecule has 0 unspecified atom stereocenters. The Morgan fingerprint density at radius 3 is 2.56 bits per heavy atom. The van der Waals surface area contributed by atoms with Crippen LogP contribution in [-0.4, -0.2) is 26.1 Å². The van der Waals surface area contributed by atoms with Gasteiger partial charge in [0.1, 0.15) is 5.75 Å². The molecule has 0 radical (unpaired) electrons. The number of ether oxygens (including phenoxy) is 1. The van der Waals surface area contributed by atoms with Crippen LogP contribution in [0.5, 0.6) is 5.75 Å². The summed E-state index contributed by atoms with van der Waals surface area (Å²) in [6.07, 6.45) is 5.35. The summed E-state index contributed by atoms with van der Waals surface area (Å²) in [7, 11) is 1.64. The fourth-order valence-electron chi connectivity index (χ4n) is 3.33. The van der Waals surface area contributed by atoms with E-state index in [1.807, 2.05) is 42.5 Å². The van der Waals surface area contributed by atoms with Gasteiger partial charge in [-0.15, -0.1) is 0 Å². The maximum atomic E-state index is 12.5. The van der Waals surface area contributed by atoms with Gasteiger partial charge in [-0.05, 0) is 42.7 Å². The van der Waals surface area contributed by atoms with Crippen molar-refractivity contribution in [1.29, 1.82) is 0 Å². The molecule has 1 aliphatic heterocycles. The molecule has 0 saturated carbocycles. The van der Waals surface area contributed by atoms with Crippen molar-refractivity contribution >= 4 is 17.3 Å². The summed E-state index contributed by atoms with van der Waals surface area (Å²) in [4.78, 5) is 14.9. The van der Waals surface area contributed by atoms with Gasteiger partial charge in [-0.3, -0.25) is 4.79 Å². The van der Waals surface area contributed by atoms with Crippen molar-refractivity contribution in [3.05, 3.63) is 54.1 Å². The first-order chi connectivity index (χ1) is 12.3. The van der Waals surface area contributed by atoms with Crippen molar-refractivity contribution in [2.24, 2.45) is 0 Å². The Labute approximate surface area is 149 Å². The Bertz CT molecular complexity index is 707. The minimum atomic E-state index is -0.00414. The van der Waals surface area contributed by atoms with Crippen molar-refractivity contribution in [1.82, 2.24) is 0 Å². The molecular formula is C21H26N2O2. The Balaban J connectivity index is 1.70. The lowest BCUT2D eigenvalue weighted by molar-refractivity contribution is -0.115. The number of rotatable bonds is 5. The summed E-state index contributed by atoms with van der Waals surface area (Å²) in [5.41, 5.74) is 2.98. The monoisotopic (exact) mass is 338 g/mol. The topological polar surface area (TPSA) is 41.6 Å². The third-order valence-corrected chi connectivity index (χ3v) is 4.62. The van der Waals surface area contributed by atoms with Crippen LogP contribution in [-0.2, 0) is 11.2 Å². The van der Waals surface area contributed by atoms with Gasteiger partial charge in [0.05, 0.1) is 24.9 Å². The first kappa shape index (κ1) is 17.3. The lowest BCUT2D eigenvalue weighted by Crippen LogP contribution is -2.26. The zero-order valence-corrected chi connectivity index (χ0v) is 14.8. The molecule has 0 atom stereocenters. The van der Waals surface area contributed by atoms with Crippen molar-refractivity contribution < 1.29 is 9.53 Å². The van der Waals surface area contributed by atoms with Gasteiger partial charge in [-0.2, -0.15) is 0 Å². The van der Waals surface area contributed by atoms with Gasteiger partial charge in [-0.1, -0.05) is 37.1 Å². The lowest BCUT2D eigenvalue weighted by Gasteiger charge is -2.25. The fourth-order valence-corrected chi connectivity index (χ4v) is 3.33. The number of para-hydroxylation sites is 2.